The van der Waals surface area contributed by atoms with Crippen molar-refractivity contribution in [1.82, 2.24) is 9.78 Å². The van der Waals surface area contributed by atoms with E-state index in [1.54, 1.807) is 17.9 Å². The summed E-state index contributed by atoms with van der Waals surface area (Å²) in [5, 5.41) is 14.2. The fourth-order valence-corrected chi connectivity index (χ4v) is 3.18. The van der Waals surface area contributed by atoms with E-state index in [4.69, 9.17) is 0 Å². The molecule has 1 aromatic heterocycles. The summed E-state index contributed by atoms with van der Waals surface area (Å²) in [4.78, 5) is 0. The fourth-order valence-electron chi connectivity index (χ4n) is 3.18. The number of hydrogen-bond donors (Lipinski definition) is 1. The van der Waals surface area contributed by atoms with Crippen molar-refractivity contribution < 1.29 is 18.3 Å². The van der Waals surface area contributed by atoms with Crippen LogP contribution in [-0.2, 0) is 13.5 Å². The van der Waals surface area contributed by atoms with E-state index >= 15 is 0 Å². The largest absolute Gasteiger partial charge is 0.393 e. The standard InChI is InChI=1S/C14H21F3N2O/c1-19-10(8-9-18-19)6-7-13(20)11-4-2-3-5-12(11)14(15,16)17/h8-9,11-13,20H,2-7H2,1H3. The Kier molecular flexibility index (Phi) is 4.73. The highest BCUT2D eigenvalue weighted by Gasteiger charge is 2.47. The fraction of sp³-hybridized carbons (Fsp3) is 0.786. The second-order valence-electron chi connectivity index (χ2n) is 5.65. The molecule has 3 unspecified atom stereocenters. The lowest BCUT2D eigenvalue weighted by molar-refractivity contribution is -0.207. The normalized spacial score (nSPS) is 25.6. The highest BCUT2D eigenvalue weighted by Crippen LogP contribution is 2.43. The number of alkyl halides is 3. The maximum atomic E-state index is 13.0. The van der Waals surface area contributed by atoms with E-state index < -0.39 is 24.1 Å². The summed E-state index contributed by atoms with van der Waals surface area (Å²) >= 11 is 0. The van der Waals surface area contributed by atoms with Crippen molar-refractivity contribution in [3.8, 4) is 0 Å². The van der Waals surface area contributed by atoms with Gasteiger partial charge in [-0.3, -0.25) is 4.68 Å². The number of aromatic nitrogens is 2. The van der Waals surface area contributed by atoms with Crippen LogP contribution in [0.2, 0.25) is 0 Å². The van der Waals surface area contributed by atoms with Crippen LogP contribution in [-0.4, -0.2) is 27.2 Å². The maximum absolute atomic E-state index is 13.0. The van der Waals surface area contributed by atoms with Gasteiger partial charge < -0.3 is 5.11 Å². The number of aliphatic hydroxyl groups excluding tert-OH is 1. The topological polar surface area (TPSA) is 38.0 Å². The molecule has 0 saturated heterocycles. The van der Waals surface area contributed by atoms with E-state index in [9.17, 15) is 18.3 Å². The van der Waals surface area contributed by atoms with Gasteiger partial charge in [-0.05, 0) is 37.7 Å². The molecule has 0 aliphatic heterocycles. The quantitative estimate of drug-likeness (QED) is 0.925. The zero-order valence-electron chi connectivity index (χ0n) is 11.6. The maximum Gasteiger partial charge on any atom is 0.392 e. The van der Waals surface area contributed by atoms with Crippen LogP contribution in [0.5, 0.6) is 0 Å². The summed E-state index contributed by atoms with van der Waals surface area (Å²) < 4.78 is 40.7. The SMILES string of the molecule is Cn1nccc1CCC(O)C1CCCCC1C(F)(F)F. The molecule has 1 N–H and O–H groups in total. The zero-order valence-corrected chi connectivity index (χ0v) is 11.6. The van der Waals surface area contributed by atoms with Crippen LogP contribution in [0.25, 0.3) is 0 Å². The van der Waals surface area contributed by atoms with Crippen LogP contribution in [0, 0.1) is 11.8 Å². The Morgan fingerprint density at radius 2 is 2.10 bits per heavy atom. The van der Waals surface area contributed by atoms with Crippen molar-refractivity contribution in [2.24, 2.45) is 18.9 Å². The van der Waals surface area contributed by atoms with Crippen molar-refractivity contribution in [2.45, 2.75) is 50.8 Å². The highest BCUT2D eigenvalue weighted by atomic mass is 19.4. The number of halogens is 3. The molecule has 0 aromatic carbocycles. The third-order valence-corrected chi connectivity index (χ3v) is 4.35. The average molecular weight is 290 g/mol. The third kappa shape index (κ3) is 3.53. The second kappa shape index (κ2) is 6.16. The third-order valence-electron chi connectivity index (χ3n) is 4.35. The van der Waals surface area contributed by atoms with Crippen LogP contribution in [0.1, 0.15) is 37.8 Å². The number of rotatable bonds is 4. The van der Waals surface area contributed by atoms with E-state index in [-0.39, 0.29) is 6.42 Å². The van der Waals surface area contributed by atoms with Gasteiger partial charge in [-0.1, -0.05) is 12.8 Å². The number of aryl methyl sites for hydroxylation is 2. The lowest BCUT2D eigenvalue weighted by Crippen LogP contribution is -2.39. The molecule has 1 fully saturated rings. The van der Waals surface area contributed by atoms with E-state index in [2.05, 4.69) is 5.10 Å². The summed E-state index contributed by atoms with van der Waals surface area (Å²) in [7, 11) is 1.79. The van der Waals surface area contributed by atoms with Gasteiger partial charge in [-0.25, -0.2) is 0 Å². The monoisotopic (exact) mass is 290 g/mol. The van der Waals surface area contributed by atoms with Gasteiger partial charge in [0.05, 0.1) is 12.0 Å². The van der Waals surface area contributed by atoms with Crippen molar-refractivity contribution in [2.75, 3.05) is 0 Å². The second-order valence-corrected chi connectivity index (χ2v) is 5.65. The molecule has 0 amide bonds. The van der Waals surface area contributed by atoms with Gasteiger partial charge in [-0.15, -0.1) is 0 Å². The lowest BCUT2D eigenvalue weighted by atomic mass is 9.75. The first-order chi connectivity index (χ1) is 9.39. The van der Waals surface area contributed by atoms with Crippen LogP contribution >= 0.6 is 0 Å². The first-order valence-electron chi connectivity index (χ1n) is 7.11. The van der Waals surface area contributed by atoms with E-state index in [1.807, 2.05) is 6.07 Å². The summed E-state index contributed by atoms with van der Waals surface area (Å²) in [5.41, 5.74) is 0.934. The first kappa shape index (κ1) is 15.4. The molecule has 1 heterocycles. The predicted octanol–water partition coefficient (Wildman–Crippen LogP) is 3.08. The van der Waals surface area contributed by atoms with Crippen LogP contribution in [0.15, 0.2) is 12.3 Å². The Labute approximate surface area is 116 Å². The van der Waals surface area contributed by atoms with E-state index in [0.717, 1.165) is 12.1 Å². The molecule has 114 valence electrons. The number of hydrogen-bond acceptors (Lipinski definition) is 2. The van der Waals surface area contributed by atoms with Crippen molar-refractivity contribution in [1.29, 1.82) is 0 Å². The van der Waals surface area contributed by atoms with E-state index in [1.165, 1.54) is 0 Å². The van der Waals surface area contributed by atoms with E-state index in [0.29, 0.717) is 25.7 Å². The Balaban J connectivity index is 1.96. The van der Waals surface area contributed by atoms with Crippen molar-refractivity contribution in [3.63, 3.8) is 0 Å². The molecule has 1 aliphatic rings. The van der Waals surface area contributed by atoms with Gasteiger partial charge in [-0.2, -0.15) is 18.3 Å². The summed E-state index contributed by atoms with van der Waals surface area (Å²) in [6, 6.07) is 1.83. The Hall–Kier alpha value is -1.04. The molecule has 3 nitrogen and oxygen atoms in total. The molecule has 0 radical (unpaired) electrons. The molecule has 1 aromatic rings. The Morgan fingerprint density at radius 1 is 1.40 bits per heavy atom. The molecule has 2 rings (SSSR count). The summed E-state index contributed by atoms with van der Waals surface area (Å²) in [5.74, 6) is -2.00. The molecule has 0 spiro atoms. The average Bonchev–Trinajstić information content (AvgIpc) is 2.80. The number of nitrogens with zero attached hydrogens (tertiary/aromatic N) is 2. The van der Waals surface area contributed by atoms with Crippen LogP contribution < -0.4 is 0 Å². The zero-order chi connectivity index (χ0) is 14.8. The van der Waals surface area contributed by atoms with Gasteiger partial charge in [0.1, 0.15) is 0 Å². The van der Waals surface area contributed by atoms with Crippen molar-refractivity contribution >= 4 is 0 Å². The summed E-state index contributed by atoms with van der Waals surface area (Å²) in [6.45, 7) is 0. The molecule has 1 saturated carbocycles. The smallest absolute Gasteiger partial charge is 0.392 e. The highest BCUT2D eigenvalue weighted by molar-refractivity contribution is 5.00. The van der Waals surface area contributed by atoms with Gasteiger partial charge in [0, 0.05) is 18.9 Å². The molecule has 1 aliphatic carbocycles. The number of aliphatic hydroxyl groups is 1. The van der Waals surface area contributed by atoms with Crippen LogP contribution in [0.4, 0.5) is 13.2 Å². The van der Waals surface area contributed by atoms with Gasteiger partial charge in [0.2, 0.25) is 0 Å². The minimum atomic E-state index is -4.20. The predicted molar refractivity (Wildman–Crippen MR) is 69.0 cm³/mol. The minimum Gasteiger partial charge on any atom is -0.393 e. The molecule has 0 bridgehead atoms. The summed E-state index contributed by atoms with van der Waals surface area (Å²) in [6.07, 6.45) is -0.519. The Morgan fingerprint density at radius 3 is 2.70 bits per heavy atom. The molecule has 20 heavy (non-hydrogen) atoms. The molecular formula is C14H21F3N2O. The van der Waals surface area contributed by atoms with Gasteiger partial charge >= 0.3 is 6.18 Å². The Bertz CT molecular complexity index is 430. The molecule has 6 heteroatoms. The molecular weight excluding hydrogens is 269 g/mol. The minimum absolute atomic E-state index is 0.150. The lowest BCUT2D eigenvalue weighted by Gasteiger charge is -2.36. The first-order valence-corrected chi connectivity index (χ1v) is 7.11. The molecule has 3 atom stereocenters. The van der Waals surface area contributed by atoms with Gasteiger partial charge in [0.15, 0.2) is 0 Å². The van der Waals surface area contributed by atoms with Crippen molar-refractivity contribution in [3.05, 3.63) is 18.0 Å². The van der Waals surface area contributed by atoms with Crippen LogP contribution in [0.3, 0.4) is 0 Å². The van der Waals surface area contributed by atoms with Gasteiger partial charge in [0.25, 0.3) is 0 Å².